The first kappa shape index (κ1) is 20.6. The van der Waals surface area contributed by atoms with Crippen molar-refractivity contribution in [2.24, 2.45) is 5.92 Å². The van der Waals surface area contributed by atoms with E-state index >= 15 is 0 Å². The molecule has 29 heavy (non-hydrogen) atoms. The smallest absolute Gasteiger partial charge is 0.136 e. The molecule has 0 unspecified atom stereocenters. The third kappa shape index (κ3) is 5.29. The van der Waals surface area contributed by atoms with Crippen molar-refractivity contribution in [3.05, 3.63) is 54.1 Å². The zero-order valence-electron chi connectivity index (χ0n) is 17.7. The van der Waals surface area contributed by atoms with Crippen molar-refractivity contribution in [1.82, 2.24) is 4.90 Å². The maximum Gasteiger partial charge on any atom is 0.136 e. The molecular formula is C25H33NO2S. The lowest BCUT2D eigenvalue weighted by Gasteiger charge is -2.33. The maximum absolute atomic E-state index is 6.37. The van der Waals surface area contributed by atoms with E-state index in [1.54, 1.807) is 0 Å². The summed E-state index contributed by atoms with van der Waals surface area (Å²) in [6.45, 7) is 9.02. The predicted octanol–water partition coefficient (Wildman–Crippen LogP) is 6.19. The van der Waals surface area contributed by atoms with Crippen LogP contribution in [0.4, 0.5) is 0 Å². The van der Waals surface area contributed by atoms with E-state index in [2.05, 4.69) is 61.2 Å². The maximum atomic E-state index is 6.37. The van der Waals surface area contributed by atoms with E-state index in [0.29, 0.717) is 5.25 Å². The first-order valence-electron chi connectivity index (χ1n) is 11.1. The van der Waals surface area contributed by atoms with Crippen LogP contribution in [0, 0.1) is 5.92 Å². The molecule has 2 aromatic rings. The molecule has 0 aliphatic carbocycles. The Morgan fingerprint density at radius 1 is 1.14 bits per heavy atom. The fraction of sp³-hybridized carbons (Fsp3) is 0.520. The molecule has 4 rings (SSSR count). The minimum atomic E-state index is 0.0926. The molecule has 1 saturated heterocycles. The lowest BCUT2D eigenvalue weighted by Crippen LogP contribution is -2.35. The van der Waals surface area contributed by atoms with Gasteiger partial charge < -0.3 is 14.4 Å². The third-order valence-corrected chi connectivity index (χ3v) is 7.43. The highest BCUT2D eigenvalue weighted by atomic mass is 32.2. The zero-order chi connectivity index (χ0) is 20.1. The van der Waals surface area contributed by atoms with Crippen LogP contribution in [0.15, 0.2) is 53.4 Å². The van der Waals surface area contributed by atoms with Crippen LogP contribution in [-0.4, -0.2) is 36.4 Å². The molecule has 4 heteroatoms. The number of rotatable bonds is 7. The number of piperidine rings is 1. The first-order chi connectivity index (χ1) is 14.2. The summed E-state index contributed by atoms with van der Waals surface area (Å²) in [6, 6.07) is 16.9. The number of hydrogen-bond acceptors (Lipinski definition) is 4. The second kappa shape index (κ2) is 9.90. The summed E-state index contributed by atoms with van der Waals surface area (Å²) >= 11 is 1.93. The summed E-state index contributed by atoms with van der Waals surface area (Å²) in [7, 11) is 0. The summed E-state index contributed by atoms with van der Waals surface area (Å²) in [5.41, 5.74) is 1.23. The minimum absolute atomic E-state index is 0.0926. The summed E-state index contributed by atoms with van der Waals surface area (Å²) in [6.07, 6.45) is 4.99. The number of likely N-dealkylation sites (tertiary alicyclic amines) is 1. The summed E-state index contributed by atoms with van der Waals surface area (Å²) in [5.74, 6) is 2.80. The van der Waals surface area contributed by atoms with Gasteiger partial charge in [-0.05, 0) is 68.0 Å². The van der Waals surface area contributed by atoms with Crippen LogP contribution in [0.25, 0.3) is 0 Å². The molecule has 2 aromatic carbocycles. The molecule has 3 nitrogen and oxygen atoms in total. The Kier molecular flexibility index (Phi) is 7.04. The van der Waals surface area contributed by atoms with Gasteiger partial charge in [-0.25, -0.2) is 0 Å². The van der Waals surface area contributed by atoms with Gasteiger partial charge in [-0.3, -0.25) is 0 Å². The van der Waals surface area contributed by atoms with E-state index in [4.69, 9.17) is 9.47 Å². The number of ether oxygens (including phenoxy) is 2. The Hall–Kier alpha value is -1.65. The van der Waals surface area contributed by atoms with Crippen molar-refractivity contribution in [2.75, 3.05) is 26.2 Å². The van der Waals surface area contributed by atoms with E-state index in [9.17, 15) is 0 Å². The summed E-state index contributed by atoms with van der Waals surface area (Å²) in [4.78, 5) is 3.83. The van der Waals surface area contributed by atoms with Crippen molar-refractivity contribution in [2.45, 2.75) is 55.8 Å². The highest BCUT2D eigenvalue weighted by Crippen LogP contribution is 2.46. The number of hydrogen-bond donors (Lipinski definition) is 0. The van der Waals surface area contributed by atoms with Crippen LogP contribution in [0.2, 0.25) is 0 Å². The quantitative estimate of drug-likeness (QED) is 0.506. The van der Waals surface area contributed by atoms with Crippen molar-refractivity contribution in [1.29, 1.82) is 0 Å². The molecule has 1 fully saturated rings. The lowest BCUT2D eigenvalue weighted by atomic mass is 10.0. The van der Waals surface area contributed by atoms with Gasteiger partial charge in [0.15, 0.2) is 0 Å². The van der Waals surface area contributed by atoms with Gasteiger partial charge in [0.2, 0.25) is 0 Å². The fourth-order valence-corrected chi connectivity index (χ4v) is 5.60. The fourth-order valence-electron chi connectivity index (χ4n) is 4.38. The molecule has 156 valence electrons. The zero-order valence-corrected chi connectivity index (χ0v) is 18.5. The van der Waals surface area contributed by atoms with Gasteiger partial charge in [0.05, 0.1) is 11.9 Å². The Bertz CT molecular complexity index is 779. The van der Waals surface area contributed by atoms with E-state index in [1.807, 2.05) is 17.8 Å². The molecule has 0 radical (unpaired) electrons. The van der Waals surface area contributed by atoms with Crippen molar-refractivity contribution in [3.8, 4) is 11.5 Å². The van der Waals surface area contributed by atoms with Crippen LogP contribution in [0.1, 0.15) is 51.2 Å². The second-order valence-electron chi connectivity index (χ2n) is 8.37. The normalized spacial score (nSPS) is 24.6. The van der Waals surface area contributed by atoms with E-state index in [0.717, 1.165) is 43.4 Å². The molecule has 2 heterocycles. The van der Waals surface area contributed by atoms with Gasteiger partial charge in [-0.2, -0.15) is 0 Å². The van der Waals surface area contributed by atoms with Gasteiger partial charge in [-0.1, -0.05) is 38.1 Å². The monoisotopic (exact) mass is 411 g/mol. The molecule has 3 atom stereocenters. The second-order valence-corrected chi connectivity index (χ2v) is 9.65. The highest BCUT2D eigenvalue weighted by Gasteiger charge is 2.30. The van der Waals surface area contributed by atoms with E-state index in [1.165, 1.54) is 36.4 Å². The van der Waals surface area contributed by atoms with Gasteiger partial charge >= 0.3 is 0 Å². The van der Waals surface area contributed by atoms with Crippen molar-refractivity contribution in [3.63, 3.8) is 0 Å². The number of para-hydroxylation sites is 1. The minimum Gasteiger partial charge on any atom is -0.494 e. The molecule has 2 aliphatic heterocycles. The Balaban J connectivity index is 1.29. The van der Waals surface area contributed by atoms with Crippen LogP contribution in [-0.2, 0) is 0 Å². The largest absolute Gasteiger partial charge is 0.494 e. The summed E-state index contributed by atoms with van der Waals surface area (Å²) < 4.78 is 12.4. The van der Waals surface area contributed by atoms with Crippen LogP contribution in [0.3, 0.4) is 0 Å². The standard InChI is InChI=1S/C25H33NO2S/c1-3-23-25(28-22-9-4-5-10-24(22)29-23)20-11-13-21(14-12-20)27-17-7-16-26-15-6-8-19(2)18-26/h4-5,9-14,19,23,25H,3,6-8,15-18H2,1-2H3/t19-,23-,25-/m0/s1. The molecule has 0 saturated carbocycles. The Morgan fingerprint density at radius 3 is 2.76 bits per heavy atom. The van der Waals surface area contributed by atoms with Gasteiger partial charge in [0, 0.05) is 18.0 Å². The Labute approximate surface area is 179 Å². The highest BCUT2D eigenvalue weighted by molar-refractivity contribution is 8.00. The number of benzene rings is 2. The van der Waals surface area contributed by atoms with Crippen LogP contribution >= 0.6 is 11.8 Å². The molecule has 0 amide bonds. The topological polar surface area (TPSA) is 21.7 Å². The molecule has 0 spiro atoms. The van der Waals surface area contributed by atoms with E-state index in [-0.39, 0.29) is 6.10 Å². The predicted molar refractivity (Wildman–Crippen MR) is 121 cm³/mol. The first-order valence-corrected chi connectivity index (χ1v) is 12.0. The lowest BCUT2D eigenvalue weighted by molar-refractivity contribution is 0.170. The SMILES string of the molecule is CC[C@@H]1Sc2ccccc2O[C@H]1c1ccc(OCCCN2CCC[C@H](C)C2)cc1. The Morgan fingerprint density at radius 2 is 1.97 bits per heavy atom. The third-order valence-electron chi connectivity index (χ3n) is 5.96. The van der Waals surface area contributed by atoms with Crippen molar-refractivity contribution < 1.29 is 9.47 Å². The van der Waals surface area contributed by atoms with Crippen LogP contribution in [0.5, 0.6) is 11.5 Å². The van der Waals surface area contributed by atoms with Gasteiger partial charge in [-0.15, -0.1) is 11.8 Å². The average molecular weight is 412 g/mol. The number of nitrogens with zero attached hydrogens (tertiary/aromatic N) is 1. The molecule has 0 aromatic heterocycles. The molecule has 0 N–H and O–H groups in total. The van der Waals surface area contributed by atoms with Gasteiger partial charge in [0.25, 0.3) is 0 Å². The van der Waals surface area contributed by atoms with Crippen LogP contribution < -0.4 is 9.47 Å². The number of fused-ring (bicyclic) bond motifs is 1. The summed E-state index contributed by atoms with van der Waals surface area (Å²) in [5, 5.41) is 0.434. The molecule has 0 bridgehead atoms. The van der Waals surface area contributed by atoms with Crippen molar-refractivity contribution >= 4 is 11.8 Å². The molecule has 2 aliphatic rings. The average Bonchev–Trinajstić information content (AvgIpc) is 2.76. The molecular weight excluding hydrogens is 378 g/mol. The van der Waals surface area contributed by atoms with Gasteiger partial charge in [0.1, 0.15) is 17.6 Å². The van der Waals surface area contributed by atoms with E-state index < -0.39 is 0 Å². The number of thioether (sulfide) groups is 1.